The highest BCUT2D eigenvalue weighted by Gasteiger charge is 2.33. The molecule has 0 saturated carbocycles. The molecule has 0 saturated heterocycles. The standard InChI is InChI=1S/C19H18F3N3O2/c1-2-11-23-18(27)13-7-3-5-9-15(13)24-12-17(26)25-16-10-6-4-8-14(16)19(20,21)22/h2-10,24H,1,11-12H2,(H,23,27)(H,25,26). The topological polar surface area (TPSA) is 70.2 Å². The molecule has 142 valence electrons. The average Bonchev–Trinajstić information content (AvgIpc) is 2.64. The first-order valence-corrected chi connectivity index (χ1v) is 8.01. The Hall–Kier alpha value is -3.29. The van der Waals surface area contributed by atoms with Crippen LogP contribution in [0.4, 0.5) is 24.5 Å². The number of carbonyl (C=O) groups excluding carboxylic acids is 2. The van der Waals surface area contributed by atoms with E-state index in [0.717, 1.165) is 6.07 Å². The van der Waals surface area contributed by atoms with E-state index in [0.29, 0.717) is 11.3 Å². The number of hydrogen-bond acceptors (Lipinski definition) is 3. The van der Waals surface area contributed by atoms with E-state index in [1.54, 1.807) is 24.3 Å². The average molecular weight is 377 g/mol. The molecule has 5 nitrogen and oxygen atoms in total. The van der Waals surface area contributed by atoms with Crippen molar-refractivity contribution in [3.05, 3.63) is 72.3 Å². The van der Waals surface area contributed by atoms with Crippen LogP contribution in [-0.4, -0.2) is 24.9 Å². The molecule has 0 radical (unpaired) electrons. The molecule has 27 heavy (non-hydrogen) atoms. The Labute approximate surface area is 154 Å². The number of anilines is 2. The summed E-state index contributed by atoms with van der Waals surface area (Å²) >= 11 is 0. The van der Waals surface area contributed by atoms with Crippen LogP contribution in [0.2, 0.25) is 0 Å². The van der Waals surface area contributed by atoms with Gasteiger partial charge in [0.15, 0.2) is 0 Å². The summed E-state index contributed by atoms with van der Waals surface area (Å²) in [5.41, 5.74) is -0.558. The van der Waals surface area contributed by atoms with Crippen molar-refractivity contribution in [3.8, 4) is 0 Å². The fraction of sp³-hybridized carbons (Fsp3) is 0.158. The van der Waals surface area contributed by atoms with Crippen molar-refractivity contribution in [2.75, 3.05) is 23.7 Å². The Bertz CT molecular complexity index is 835. The van der Waals surface area contributed by atoms with Crippen LogP contribution in [0, 0.1) is 0 Å². The highest BCUT2D eigenvalue weighted by atomic mass is 19.4. The zero-order valence-electron chi connectivity index (χ0n) is 14.3. The molecule has 0 aromatic heterocycles. The van der Waals surface area contributed by atoms with Gasteiger partial charge >= 0.3 is 6.18 Å². The van der Waals surface area contributed by atoms with Gasteiger partial charge in [-0.15, -0.1) is 6.58 Å². The second-order valence-corrected chi connectivity index (χ2v) is 5.49. The molecule has 0 aliphatic carbocycles. The predicted molar refractivity (Wildman–Crippen MR) is 97.5 cm³/mol. The maximum absolute atomic E-state index is 13.0. The van der Waals surface area contributed by atoms with Gasteiger partial charge in [-0.1, -0.05) is 30.3 Å². The van der Waals surface area contributed by atoms with Gasteiger partial charge < -0.3 is 16.0 Å². The van der Waals surface area contributed by atoms with Crippen molar-refractivity contribution < 1.29 is 22.8 Å². The maximum Gasteiger partial charge on any atom is 0.418 e. The van der Waals surface area contributed by atoms with Crippen LogP contribution in [-0.2, 0) is 11.0 Å². The normalized spacial score (nSPS) is 10.8. The lowest BCUT2D eigenvalue weighted by Gasteiger charge is -2.15. The Morgan fingerprint density at radius 2 is 1.63 bits per heavy atom. The highest BCUT2D eigenvalue weighted by Crippen LogP contribution is 2.34. The van der Waals surface area contributed by atoms with Gasteiger partial charge in [-0.25, -0.2) is 0 Å². The summed E-state index contributed by atoms with van der Waals surface area (Å²) in [6.07, 6.45) is -3.05. The van der Waals surface area contributed by atoms with Crippen LogP contribution in [0.5, 0.6) is 0 Å². The molecule has 3 N–H and O–H groups in total. The summed E-state index contributed by atoms with van der Waals surface area (Å²) in [7, 11) is 0. The van der Waals surface area contributed by atoms with Crippen LogP contribution in [0.1, 0.15) is 15.9 Å². The summed E-state index contributed by atoms with van der Waals surface area (Å²) in [5, 5.41) is 7.62. The molecule has 0 atom stereocenters. The van der Waals surface area contributed by atoms with Crippen molar-refractivity contribution in [2.24, 2.45) is 0 Å². The molecule has 0 bridgehead atoms. The molecule has 2 aromatic carbocycles. The van der Waals surface area contributed by atoms with Crippen LogP contribution in [0.3, 0.4) is 0 Å². The maximum atomic E-state index is 13.0. The summed E-state index contributed by atoms with van der Waals surface area (Å²) < 4.78 is 38.9. The molecular weight excluding hydrogens is 359 g/mol. The number of carbonyl (C=O) groups is 2. The zero-order valence-corrected chi connectivity index (χ0v) is 14.3. The summed E-state index contributed by atoms with van der Waals surface area (Å²) in [6.45, 7) is 3.48. The highest BCUT2D eigenvalue weighted by molar-refractivity contribution is 6.01. The molecule has 2 rings (SSSR count). The van der Waals surface area contributed by atoms with E-state index >= 15 is 0 Å². The fourth-order valence-corrected chi connectivity index (χ4v) is 2.30. The smallest absolute Gasteiger partial charge is 0.376 e. The first kappa shape index (κ1) is 20.0. The minimum atomic E-state index is -4.58. The SMILES string of the molecule is C=CCNC(=O)c1ccccc1NCC(=O)Nc1ccccc1C(F)(F)F. The number of halogens is 3. The van der Waals surface area contributed by atoms with Crippen molar-refractivity contribution in [1.29, 1.82) is 0 Å². The second-order valence-electron chi connectivity index (χ2n) is 5.49. The molecule has 2 amide bonds. The summed E-state index contributed by atoms with van der Waals surface area (Å²) in [5.74, 6) is -1.03. The Morgan fingerprint density at radius 1 is 1.00 bits per heavy atom. The van der Waals surface area contributed by atoms with Gasteiger partial charge in [0.2, 0.25) is 5.91 Å². The van der Waals surface area contributed by atoms with Gasteiger partial charge in [0.05, 0.1) is 23.4 Å². The number of amides is 2. The van der Waals surface area contributed by atoms with E-state index in [9.17, 15) is 22.8 Å². The summed E-state index contributed by atoms with van der Waals surface area (Å²) in [4.78, 5) is 24.2. The molecule has 2 aromatic rings. The van der Waals surface area contributed by atoms with Crippen molar-refractivity contribution >= 4 is 23.2 Å². The van der Waals surface area contributed by atoms with Crippen molar-refractivity contribution in [3.63, 3.8) is 0 Å². The van der Waals surface area contributed by atoms with E-state index < -0.39 is 17.6 Å². The van der Waals surface area contributed by atoms with Gasteiger partial charge in [-0.3, -0.25) is 9.59 Å². The largest absolute Gasteiger partial charge is 0.418 e. The Balaban J connectivity index is 2.05. The molecular formula is C19H18F3N3O2. The first-order valence-electron chi connectivity index (χ1n) is 8.01. The fourth-order valence-electron chi connectivity index (χ4n) is 2.30. The number of nitrogens with one attached hydrogen (secondary N) is 3. The second kappa shape index (κ2) is 8.88. The number of benzene rings is 2. The molecule has 0 spiro atoms. The van der Waals surface area contributed by atoms with Crippen molar-refractivity contribution in [1.82, 2.24) is 5.32 Å². The van der Waals surface area contributed by atoms with E-state index in [2.05, 4.69) is 22.5 Å². The Morgan fingerprint density at radius 3 is 2.30 bits per heavy atom. The van der Waals surface area contributed by atoms with Gasteiger partial charge in [-0.2, -0.15) is 13.2 Å². The van der Waals surface area contributed by atoms with E-state index in [-0.39, 0.29) is 24.7 Å². The predicted octanol–water partition coefficient (Wildman–Crippen LogP) is 3.67. The van der Waals surface area contributed by atoms with Crippen LogP contribution in [0.15, 0.2) is 61.2 Å². The number of hydrogen-bond donors (Lipinski definition) is 3. The monoisotopic (exact) mass is 377 g/mol. The van der Waals surface area contributed by atoms with Crippen molar-refractivity contribution in [2.45, 2.75) is 6.18 Å². The molecule has 0 fully saturated rings. The third-order valence-electron chi connectivity index (χ3n) is 3.52. The lowest BCUT2D eigenvalue weighted by Crippen LogP contribution is -2.27. The quantitative estimate of drug-likeness (QED) is 0.645. The minimum Gasteiger partial charge on any atom is -0.376 e. The third kappa shape index (κ3) is 5.60. The molecule has 8 heteroatoms. The van der Waals surface area contributed by atoms with Gasteiger partial charge in [0, 0.05) is 12.2 Å². The summed E-state index contributed by atoms with van der Waals surface area (Å²) in [6, 6.07) is 11.2. The van der Waals surface area contributed by atoms with Crippen LogP contribution >= 0.6 is 0 Å². The molecule has 0 unspecified atom stereocenters. The zero-order chi connectivity index (χ0) is 19.9. The third-order valence-corrected chi connectivity index (χ3v) is 3.52. The van der Waals surface area contributed by atoms with Gasteiger partial charge in [0.1, 0.15) is 0 Å². The van der Waals surface area contributed by atoms with E-state index in [1.807, 2.05) is 0 Å². The van der Waals surface area contributed by atoms with Crippen LogP contribution < -0.4 is 16.0 Å². The lowest BCUT2D eigenvalue weighted by atomic mass is 10.1. The van der Waals surface area contributed by atoms with Gasteiger partial charge in [-0.05, 0) is 24.3 Å². The number of alkyl halides is 3. The number of para-hydroxylation sites is 2. The van der Waals surface area contributed by atoms with E-state index in [4.69, 9.17) is 0 Å². The van der Waals surface area contributed by atoms with Crippen LogP contribution in [0.25, 0.3) is 0 Å². The first-order chi connectivity index (χ1) is 12.8. The van der Waals surface area contributed by atoms with Gasteiger partial charge in [0.25, 0.3) is 5.91 Å². The Kier molecular flexibility index (Phi) is 6.59. The lowest BCUT2D eigenvalue weighted by molar-refractivity contribution is -0.137. The number of rotatable bonds is 7. The molecule has 0 heterocycles. The minimum absolute atomic E-state index is 0.280. The van der Waals surface area contributed by atoms with E-state index in [1.165, 1.54) is 24.3 Å². The molecule has 0 aliphatic heterocycles. The molecule has 0 aliphatic rings.